The van der Waals surface area contributed by atoms with Gasteiger partial charge < -0.3 is 14.6 Å². The lowest BCUT2D eigenvalue weighted by Crippen LogP contribution is -2.56. The molecule has 2 aliphatic heterocycles. The van der Waals surface area contributed by atoms with Gasteiger partial charge in [-0.2, -0.15) is 0 Å². The van der Waals surface area contributed by atoms with Crippen LogP contribution in [0.4, 0.5) is 10.2 Å². The molecule has 4 heterocycles. The summed E-state index contributed by atoms with van der Waals surface area (Å²) in [6, 6.07) is 8.13. The molecule has 2 aromatic heterocycles. The fourth-order valence-corrected chi connectivity index (χ4v) is 4.87. The lowest BCUT2D eigenvalue weighted by atomic mass is 9.86. The molecule has 0 radical (unpaired) electrons. The number of imidazole rings is 1. The summed E-state index contributed by atoms with van der Waals surface area (Å²) in [6.07, 6.45) is 5.56. The number of piperidine rings is 1. The minimum Gasteiger partial charge on any atom is -0.507 e. The Balaban J connectivity index is 1.36. The summed E-state index contributed by atoms with van der Waals surface area (Å²) in [5.74, 6) is 0.774. The number of phenolic OH excluding ortho intramolecular Hbond substituents is 1. The summed E-state index contributed by atoms with van der Waals surface area (Å²) in [7, 11) is 3.79. The Labute approximate surface area is 182 Å². The Morgan fingerprint density at radius 1 is 1.26 bits per heavy atom. The molecule has 2 bridgehead atoms. The van der Waals surface area contributed by atoms with Crippen LogP contribution in [-0.4, -0.2) is 67.6 Å². The summed E-state index contributed by atoms with van der Waals surface area (Å²) >= 11 is 0. The second-order valence-electron chi connectivity index (χ2n) is 8.78. The molecule has 2 aliphatic rings. The molecule has 0 saturated carbocycles. The molecule has 8 heteroatoms. The van der Waals surface area contributed by atoms with Gasteiger partial charge in [-0.1, -0.05) is 0 Å². The maximum atomic E-state index is 14.8. The van der Waals surface area contributed by atoms with E-state index < -0.39 is 17.7 Å². The number of phenols is 1. The van der Waals surface area contributed by atoms with Gasteiger partial charge in [0.05, 0.1) is 23.2 Å². The number of aromatic nitrogens is 4. The van der Waals surface area contributed by atoms with Crippen LogP contribution in [0.1, 0.15) is 27.6 Å². The van der Waals surface area contributed by atoms with Crippen molar-refractivity contribution < 1.29 is 10.9 Å². The number of hydrogen-bond acceptors (Lipinski definition) is 6. The monoisotopic (exact) mass is 423 g/mol. The van der Waals surface area contributed by atoms with Crippen molar-refractivity contribution in [1.29, 1.82) is 0 Å². The molecule has 2 fully saturated rings. The first-order valence-electron chi connectivity index (χ1n) is 11.0. The number of aromatic hydroxyl groups is 1. The second kappa shape index (κ2) is 7.30. The molecule has 1 N–H and O–H groups in total. The molecule has 5 rings (SSSR count). The molecule has 1 aromatic carbocycles. The highest BCUT2D eigenvalue weighted by atomic mass is 19.1. The van der Waals surface area contributed by atoms with E-state index in [9.17, 15) is 9.50 Å². The van der Waals surface area contributed by atoms with Gasteiger partial charge in [0.25, 0.3) is 0 Å². The Morgan fingerprint density at radius 2 is 2.10 bits per heavy atom. The summed E-state index contributed by atoms with van der Waals surface area (Å²) in [5.41, 5.74) is 1.31. The van der Waals surface area contributed by atoms with E-state index in [-0.39, 0.29) is 18.2 Å². The third kappa shape index (κ3) is 3.26. The highest BCUT2D eigenvalue weighted by Crippen LogP contribution is 2.46. The predicted molar refractivity (Wildman–Crippen MR) is 117 cm³/mol. The van der Waals surface area contributed by atoms with Crippen molar-refractivity contribution in [2.45, 2.75) is 50.0 Å². The Bertz CT molecular complexity index is 1130. The number of benzene rings is 1. The topological polar surface area (TPSA) is 70.3 Å². The van der Waals surface area contributed by atoms with E-state index in [0.717, 1.165) is 5.69 Å². The summed E-state index contributed by atoms with van der Waals surface area (Å²) in [6.45, 7) is 1.92. The zero-order chi connectivity index (χ0) is 22.7. The van der Waals surface area contributed by atoms with Crippen molar-refractivity contribution >= 4 is 5.82 Å². The predicted octanol–water partition coefficient (Wildman–Crippen LogP) is 3.43. The number of halogens is 1. The summed E-state index contributed by atoms with van der Waals surface area (Å²) in [4.78, 5) is 7.93. The van der Waals surface area contributed by atoms with Crippen LogP contribution in [0.15, 0.2) is 49.1 Å². The molecule has 0 aliphatic carbocycles. The molecule has 0 amide bonds. The van der Waals surface area contributed by atoms with Gasteiger partial charge in [0.2, 0.25) is 0 Å². The van der Waals surface area contributed by atoms with Crippen LogP contribution in [-0.2, 0) is 0 Å². The fraction of sp³-hybridized carbons (Fsp3) is 0.435. The number of anilines is 1. The van der Waals surface area contributed by atoms with E-state index in [1.54, 1.807) is 30.9 Å². The minimum absolute atomic E-state index is 0.00235. The summed E-state index contributed by atoms with van der Waals surface area (Å²) in [5, 5.41) is 19.2. The molecule has 3 aromatic rings. The van der Waals surface area contributed by atoms with Gasteiger partial charge >= 0.3 is 0 Å². The van der Waals surface area contributed by atoms with Crippen molar-refractivity contribution in [3.8, 4) is 22.7 Å². The Hall–Kier alpha value is -3.00. The van der Waals surface area contributed by atoms with E-state index in [4.69, 9.17) is 1.37 Å². The number of alkyl halides is 1. The SMILES string of the molecule is [2H][C@@]12C[C@H](N(C)c3ccc(-c4ccc(-n5ccnc5)cc4O)nn3)C[C@@](C)([C@H](F)C1)N2C. The second-order valence-corrected chi connectivity index (χ2v) is 8.78. The van der Waals surface area contributed by atoms with Crippen LogP contribution in [0.3, 0.4) is 0 Å². The fourth-order valence-electron chi connectivity index (χ4n) is 4.87. The standard InChI is InChI=1S/C23H27FN6O/c1-23-13-17(10-16(29(23)3)12-21(23)24)28(2)22-7-6-19(26-27-22)18-5-4-15(11-20(18)31)30-9-8-25-14-30/h4-9,11,14,16-17,21,31H,10,12-13H2,1-3H3/t16-,17+,21-,23+/m1/s1/i16D. The van der Waals surface area contributed by atoms with Gasteiger partial charge in [0, 0.05) is 44.5 Å². The first kappa shape index (κ1) is 18.7. The summed E-state index contributed by atoms with van der Waals surface area (Å²) < 4.78 is 25.4. The van der Waals surface area contributed by atoms with Crippen LogP contribution < -0.4 is 4.90 Å². The van der Waals surface area contributed by atoms with Crippen molar-refractivity contribution in [2.75, 3.05) is 19.0 Å². The van der Waals surface area contributed by atoms with E-state index in [1.807, 2.05) is 53.6 Å². The minimum atomic E-state index is -1.01. The molecule has 0 spiro atoms. The van der Waals surface area contributed by atoms with Gasteiger partial charge in [-0.15, -0.1) is 10.2 Å². The third-order valence-electron chi connectivity index (χ3n) is 7.07. The molecule has 162 valence electrons. The van der Waals surface area contributed by atoms with Crippen LogP contribution in [0, 0.1) is 0 Å². The van der Waals surface area contributed by atoms with Crippen molar-refractivity contribution in [2.24, 2.45) is 0 Å². The van der Waals surface area contributed by atoms with E-state index >= 15 is 0 Å². The number of rotatable bonds is 4. The van der Waals surface area contributed by atoms with Crippen LogP contribution in [0.5, 0.6) is 5.75 Å². The molecule has 7 nitrogen and oxygen atoms in total. The van der Waals surface area contributed by atoms with E-state index in [0.29, 0.717) is 29.9 Å². The molecular formula is C23H27FN6O. The lowest BCUT2D eigenvalue weighted by Gasteiger charge is -2.46. The zero-order valence-electron chi connectivity index (χ0n) is 18.9. The largest absolute Gasteiger partial charge is 0.507 e. The van der Waals surface area contributed by atoms with Gasteiger partial charge in [-0.3, -0.25) is 4.90 Å². The molecule has 2 saturated heterocycles. The Morgan fingerprint density at radius 3 is 2.74 bits per heavy atom. The molecule has 31 heavy (non-hydrogen) atoms. The average Bonchev–Trinajstić information content (AvgIpc) is 3.34. The maximum absolute atomic E-state index is 14.8. The highest BCUT2D eigenvalue weighted by molar-refractivity contribution is 5.69. The third-order valence-corrected chi connectivity index (χ3v) is 7.07. The van der Waals surface area contributed by atoms with E-state index in [1.165, 1.54) is 0 Å². The van der Waals surface area contributed by atoms with Crippen molar-refractivity contribution in [3.05, 3.63) is 49.1 Å². The first-order valence-corrected chi connectivity index (χ1v) is 10.5. The number of hydrogen-bond donors (Lipinski definition) is 1. The van der Waals surface area contributed by atoms with Crippen LogP contribution >= 0.6 is 0 Å². The lowest BCUT2D eigenvalue weighted by molar-refractivity contribution is 0.0505. The average molecular weight is 424 g/mol. The Kier molecular flexibility index (Phi) is 4.41. The molecular weight excluding hydrogens is 395 g/mol. The van der Waals surface area contributed by atoms with Gasteiger partial charge in [-0.05, 0) is 57.5 Å². The van der Waals surface area contributed by atoms with E-state index in [2.05, 4.69) is 15.2 Å². The smallest absolute Gasteiger partial charge is 0.151 e. The highest BCUT2D eigenvalue weighted by Gasteiger charge is 2.54. The molecule has 0 unspecified atom stereocenters. The maximum Gasteiger partial charge on any atom is 0.151 e. The van der Waals surface area contributed by atoms with Crippen molar-refractivity contribution in [1.82, 2.24) is 24.6 Å². The molecule has 4 atom stereocenters. The van der Waals surface area contributed by atoms with Crippen LogP contribution in [0.2, 0.25) is 0 Å². The first-order chi connectivity index (χ1) is 15.2. The number of fused-ring (bicyclic) bond motifs is 2. The normalized spacial score (nSPS) is 30.9. The van der Waals surface area contributed by atoms with Gasteiger partial charge in [-0.25, -0.2) is 9.37 Å². The number of nitrogens with zero attached hydrogens (tertiary/aromatic N) is 6. The van der Waals surface area contributed by atoms with Crippen molar-refractivity contribution in [3.63, 3.8) is 0 Å². The quantitative estimate of drug-likeness (QED) is 0.693. The van der Waals surface area contributed by atoms with Gasteiger partial charge in [0.15, 0.2) is 5.82 Å². The van der Waals surface area contributed by atoms with Crippen LogP contribution in [0.25, 0.3) is 16.9 Å². The van der Waals surface area contributed by atoms with Gasteiger partial charge in [0.1, 0.15) is 11.9 Å². The zero-order valence-corrected chi connectivity index (χ0v) is 17.9.